The minimum absolute atomic E-state index is 0.0685. The normalized spacial score (nSPS) is 17.8. The molecule has 0 spiro atoms. The van der Waals surface area contributed by atoms with Crippen LogP contribution in [0.3, 0.4) is 0 Å². The molecular formula is C21H30N4O5. The quantitative estimate of drug-likeness (QED) is 0.540. The largest absolute Gasteiger partial charge is 0.480 e. The van der Waals surface area contributed by atoms with Gasteiger partial charge < -0.3 is 21.1 Å². The molecule has 1 aliphatic rings. The maximum atomic E-state index is 13.3. The van der Waals surface area contributed by atoms with Crippen molar-refractivity contribution in [2.75, 3.05) is 10.2 Å². The summed E-state index contributed by atoms with van der Waals surface area (Å²) in [6.45, 7) is 8.83. The van der Waals surface area contributed by atoms with Gasteiger partial charge in [0, 0.05) is 0 Å². The number of nitrogens with zero attached hydrogens (tertiary/aromatic N) is 1. The molecule has 0 saturated carbocycles. The van der Waals surface area contributed by atoms with E-state index >= 15 is 0 Å². The molecule has 0 saturated heterocycles. The molecule has 0 aliphatic carbocycles. The Labute approximate surface area is 176 Å². The average Bonchev–Trinajstić information content (AvgIpc) is 2.65. The Balaban J connectivity index is 2.33. The number of benzene rings is 1. The number of rotatable bonds is 7. The van der Waals surface area contributed by atoms with E-state index in [9.17, 15) is 19.2 Å². The molecule has 1 aliphatic heterocycles. The van der Waals surface area contributed by atoms with Crippen molar-refractivity contribution < 1.29 is 24.3 Å². The molecule has 9 nitrogen and oxygen atoms in total. The summed E-state index contributed by atoms with van der Waals surface area (Å²) in [6, 6.07) is 3.59. The van der Waals surface area contributed by atoms with Crippen LogP contribution in [0, 0.1) is 11.8 Å². The van der Waals surface area contributed by atoms with Crippen molar-refractivity contribution >= 4 is 35.2 Å². The van der Waals surface area contributed by atoms with E-state index in [-0.39, 0.29) is 17.7 Å². The zero-order chi connectivity index (χ0) is 22.6. The lowest BCUT2D eigenvalue weighted by atomic mass is 9.97. The lowest BCUT2D eigenvalue weighted by molar-refractivity contribution is -0.141. The van der Waals surface area contributed by atoms with Gasteiger partial charge >= 0.3 is 12.0 Å². The molecule has 0 aromatic heterocycles. The van der Waals surface area contributed by atoms with Gasteiger partial charge in [0.1, 0.15) is 18.1 Å². The summed E-state index contributed by atoms with van der Waals surface area (Å²) in [5.41, 5.74) is 1.05. The van der Waals surface area contributed by atoms with Gasteiger partial charge in [0.2, 0.25) is 11.8 Å². The van der Waals surface area contributed by atoms with Gasteiger partial charge in [-0.3, -0.25) is 19.3 Å². The van der Waals surface area contributed by atoms with Crippen LogP contribution in [0.5, 0.6) is 0 Å². The van der Waals surface area contributed by atoms with Gasteiger partial charge in [-0.25, -0.2) is 4.79 Å². The summed E-state index contributed by atoms with van der Waals surface area (Å²) in [5.74, 6) is -2.15. The second-order valence-corrected chi connectivity index (χ2v) is 8.27. The van der Waals surface area contributed by atoms with E-state index in [0.29, 0.717) is 17.8 Å². The lowest BCUT2D eigenvalue weighted by Crippen LogP contribution is -2.60. The number of carbonyl (C=O) groups is 4. The summed E-state index contributed by atoms with van der Waals surface area (Å²) < 4.78 is 0. The van der Waals surface area contributed by atoms with E-state index in [1.165, 1.54) is 11.8 Å². The Bertz CT molecular complexity index is 823. The number of carbonyl (C=O) groups excluding carboxylic acids is 3. The summed E-state index contributed by atoms with van der Waals surface area (Å²) in [4.78, 5) is 51.0. The number of aliphatic carboxylic acids is 1. The van der Waals surface area contributed by atoms with Crippen LogP contribution in [-0.2, 0) is 14.4 Å². The third-order valence-corrected chi connectivity index (χ3v) is 4.87. The van der Waals surface area contributed by atoms with E-state index in [4.69, 9.17) is 5.11 Å². The molecule has 3 atom stereocenters. The van der Waals surface area contributed by atoms with Crippen LogP contribution in [0.15, 0.2) is 24.3 Å². The number of fused-ring (bicyclic) bond motifs is 1. The maximum Gasteiger partial charge on any atom is 0.325 e. The highest BCUT2D eigenvalue weighted by molar-refractivity contribution is 6.12. The van der Waals surface area contributed by atoms with Gasteiger partial charge in [-0.15, -0.1) is 0 Å². The van der Waals surface area contributed by atoms with Crippen molar-refractivity contribution in [3.63, 3.8) is 0 Å². The molecule has 0 bridgehead atoms. The summed E-state index contributed by atoms with van der Waals surface area (Å²) in [6.07, 6.45) is 0.317. The minimum Gasteiger partial charge on any atom is -0.480 e. The van der Waals surface area contributed by atoms with Crippen molar-refractivity contribution in [3.05, 3.63) is 24.3 Å². The van der Waals surface area contributed by atoms with Crippen molar-refractivity contribution in [1.29, 1.82) is 0 Å². The summed E-state index contributed by atoms with van der Waals surface area (Å²) in [7, 11) is 0. The average molecular weight is 418 g/mol. The summed E-state index contributed by atoms with van der Waals surface area (Å²) >= 11 is 0. The van der Waals surface area contributed by atoms with Gasteiger partial charge in [-0.05, 0) is 37.3 Å². The van der Waals surface area contributed by atoms with Gasteiger partial charge in [-0.1, -0.05) is 39.8 Å². The van der Waals surface area contributed by atoms with Crippen LogP contribution >= 0.6 is 0 Å². The third-order valence-electron chi connectivity index (χ3n) is 4.87. The predicted octanol–water partition coefficient (Wildman–Crippen LogP) is 2.18. The molecule has 4 amide bonds. The molecule has 9 heteroatoms. The van der Waals surface area contributed by atoms with E-state index in [2.05, 4.69) is 16.0 Å². The number of anilines is 2. The van der Waals surface area contributed by atoms with Crippen LogP contribution in [0.25, 0.3) is 0 Å². The Morgan fingerprint density at radius 3 is 2.30 bits per heavy atom. The van der Waals surface area contributed by atoms with Crippen molar-refractivity contribution in [3.8, 4) is 0 Å². The Kier molecular flexibility index (Phi) is 7.42. The fraction of sp³-hybridized carbons (Fsp3) is 0.524. The fourth-order valence-electron chi connectivity index (χ4n) is 3.40. The molecule has 4 N–H and O–H groups in total. The first-order valence-electron chi connectivity index (χ1n) is 10.1. The molecule has 2 rings (SSSR count). The molecule has 1 aromatic carbocycles. The third kappa shape index (κ3) is 5.28. The number of urea groups is 1. The van der Waals surface area contributed by atoms with Gasteiger partial charge in [0.05, 0.1) is 11.4 Å². The highest BCUT2D eigenvalue weighted by Crippen LogP contribution is 2.34. The fourth-order valence-corrected chi connectivity index (χ4v) is 3.40. The smallest absolute Gasteiger partial charge is 0.325 e. The second-order valence-electron chi connectivity index (χ2n) is 8.27. The van der Waals surface area contributed by atoms with Gasteiger partial charge in [0.25, 0.3) is 0 Å². The van der Waals surface area contributed by atoms with Crippen molar-refractivity contribution in [2.45, 2.75) is 59.2 Å². The van der Waals surface area contributed by atoms with Crippen LogP contribution in [-0.4, -0.2) is 47.0 Å². The highest BCUT2D eigenvalue weighted by atomic mass is 16.4. The molecule has 30 heavy (non-hydrogen) atoms. The van der Waals surface area contributed by atoms with Crippen molar-refractivity contribution in [1.82, 2.24) is 10.6 Å². The van der Waals surface area contributed by atoms with E-state index in [1.54, 1.807) is 24.3 Å². The number of nitrogens with one attached hydrogen (secondary N) is 3. The standard InChI is InChI=1S/C21H30N4O5/c1-11(2)10-15(18(26)22-13(5)20(28)29)24-21(30)25-16-9-7-6-8-14(16)23-19(27)17(25)12(3)4/h6-9,11-13,15,17H,10H2,1-5H3,(H,22,26)(H,23,27)(H,24,30)(H,28,29). The number of hydrogen-bond acceptors (Lipinski definition) is 4. The maximum absolute atomic E-state index is 13.3. The number of carboxylic acids is 1. The first kappa shape index (κ1) is 23.2. The Hall–Kier alpha value is -3.10. The minimum atomic E-state index is -1.17. The van der Waals surface area contributed by atoms with Crippen LogP contribution in [0.2, 0.25) is 0 Å². The Morgan fingerprint density at radius 2 is 1.73 bits per heavy atom. The number of hydrogen-bond donors (Lipinski definition) is 4. The van der Waals surface area contributed by atoms with E-state index < -0.39 is 36.0 Å². The van der Waals surface area contributed by atoms with E-state index in [1.807, 2.05) is 27.7 Å². The molecular weight excluding hydrogens is 388 g/mol. The zero-order valence-corrected chi connectivity index (χ0v) is 17.9. The van der Waals surface area contributed by atoms with Gasteiger partial charge in [-0.2, -0.15) is 0 Å². The number of para-hydroxylation sites is 2. The summed E-state index contributed by atoms with van der Waals surface area (Å²) in [5, 5.41) is 17.0. The second kappa shape index (κ2) is 9.60. The molecule has 164 valence electrons. The monoisotopic (exact) mass is 418 g/mol. The molecule has 1 heterocycles. The van der Waals surface area contributed by atoms with Crippen LogP contribution < -0.4 is 20.9 Å². The van der Waals surface area contributed by atoms with Crippen LogP contribution in [0.4, 0.5) is 16.2 Å². The molecule has 3 unspecified atom stereocenters. The van der Waals surface area contributed by atoms with E-state index in [0.717, 1.165) is 0 Å². The zero-order valence-electron chi connectivity index (χ0n) is 17.9. The predicted molar refractivity (Wildman–Crippen MR) is 113 cm³/mol. The SMILES string of the molecule is CC(C)CC(NC(=O)N1c2ccccc2NC(=O)C1C(C)C)C(=O)NC(C)C(=O)O. The van der Waals surface area contributed by atoms with Gasteiger partial charge in [0.15, 0.2) is 0 Å². The van der Waals surface area contributed by atoms with Crippen LogP contribution in [0.1, 0.15) is 41.0 Å². The molecule has 1 aromatic rings. The topological polar surface area (TPSA) is 128 Å². The number of carboxylic acid groups (broad SMARTS) is 1. The van der Waals surface area contributed by atoms with Crippen molar-refractivity contribution in [2.24, 2.45) is 11.8 Å². The highest BCUT2D eigenvalue weighted by Gasteiger charge is 2.40. The molecule has 0 radical (unpaired) electrons. The molecule has 0 fully saturated rings. The lowest BCUT2D eigenvalue weighted by Gasteiger charge is -2.39. The first-order valence-corrected chi connectivity index (χ1v) is 10.1. The number of amides is 4. The Morgan fingerprint density at radius 1 is 1.10 bits per heavy atom. The first-order chi connectivity index (χ1) is 14.0.